The third-order valence-electron chi connectivity index (χ3n) is 10.7. The highest BCUT2D eigenvalue weighted by Crippen LogP contribution is 2.48. The molecule has 1 unspecified atom stereocenters. The molecule has 0 radical (unpaired) electrons. The van der Waals surface area contributed by atoms with Gasteiger partial charge in [0.1, 0.15) is 17.6 Å². The van der Waals surface area contributed by atoms with E-state index in [4.69, 9.17) is 4.74 Å². The smallest absolute Gasteiger partial charge is 0.490 e. The maximum absolute atomic E-state index is 13.3. The number of likely N-dealkylation sites (tertiary alicyclic amines) is 1. The molecular formula is C39H54F3NO4. The third-order valence-corrected chi connectivity index (χ3v) is 10.7. The molecular weight excluding hydrogens is 603 g/mol. The van der Waals surface area contributed by atoms with Crippen LogP contribution in [0.15, 0.2) is 36.4 Å². The molecule has 1 saturated heterocycles. The number of aliphatic carboxylic acids is 1. The quantitative estimate of drug-likeness (QED) is 0.172. The minimum atomic E-state index is -4.72. The molecule has 1 N–H and O–H groups in total. The first-order valence-corrected chi connectivity index (χ1v) is 18.2. The summed E-state index contributed by atoms with van der Waals surface area (Å²) < 4.78 is 50.9. The number of fused-ring (bicyclic) bond motifs is 1. The molecule has 1 aliphatic carbocycles. The number of aryl methyl sites for hydroxylation is 2. The Morgan fingerprint density at radius 2 is 1.66 bits per heavy atom. The van der Waals surface area contributed by atoms with Gasteiger partial charge in [-0.25, -0.2) is 0 Å². The van der Waals surface area contributed by atoms with Crippen LogP contribution in [0.3, 0.4) is 0 Å². The Morgan fingerprint density at radius 3 is 2.32 bits per heavy atom. The highest BCUT2D eigenvalue weighted by Gasteiger charge is 2.39. The van der Waals surface area contributed by atoms with Crippen LogP contribution in [0.2, 0.25) is 0 Å². The largest absolute Gasteiger partial charge is 0.573 e. The van der Waals surface area contributed by atoms with Crippen LogP contribution < -0.4 is 9.47 Å². The predicted octanol–water partition coefficient (Wildman–Crippen LogP) is 10.1. The van der Waals surface area contributed by atoms with E-state index in [9.17, 15) is 23.1 Å². The van der Waals surface area contributed by atoms with Crippen LogP contribution in [0, 0.1) is 17.8 Å². The summed E-state index contributed by atoms with van der Waals surface area (Å²) in [5.74, 6) is 0.426. The SMILES string of the molecule is CCCCCCCCCCc1ccc(OC(F)(F)F)c(CN2CCC(C3CCc4ccc([C@H](C5CC5)[C@H](C)C(=O)O)cc4O3)CC2)c1. The number of benzene rings is 2. The van der Waals surface area contributed by atoms with Gasteiger partial charge in [0, 0.05) is 12.1 Å². The van der Waals surface area contributed by atoms with Crippen molar-refractivity contribution in [2.24, 2.45) is 17.8 Å². The molecule has 2 heterocycles. The molecule has 3 aliphatic rings. The van der Waals surface area contributed by atoms with E-state index in [0.29, 0.717) is 23.9 Å². The summed E-state index contributed by atoms with van der Waals surface area (Å²) >= 11 is 0. The van der Waals surface area contributed by atoms with Gasteiger partial charge in [0.15, 0.2) is 0 Å². The van der Waals surface area contributed by atoms with Crippen LogP contribution in [0.1, 0.15) is 125 Å². The van der Waals surface area contributed by atoms with Gasteiger partial charge in [0.05, 0.1) is 5.92 Å². The lowest BCUT2D eigenvalue weighted by atomic mass is 9.81. The normalized spacial score (nSPS) is 20.3. The average Bonchev–Trinajstić information content (AvgIpc) is 3.88. The molecule has 0 spiro atoms. The third kappa shape index (κ3) is 10.4. The Morgan fingerprint density at radius 1 is 0.957 bits per heavy atom. The number of hydrogen-bond acceptors (Lipinski definition) is 4. The molecule has 2 fully saturated rings. The highest BCUT2D eigenvalue weighted by molar-refractivity contribution is 5.71. The lowest BCUT2D eigenvalue weighted by Crippen LogP contribution is -2.40. The van der Waals surface area contributed by atoms with Crippen molar-refractivity contribution in [2.45, 2.75) is 135 Å². The molecule has 260 valence electrons. The maximum Gasteiger partial charge on any atom is 0.573 e. The predicted molar refractivity (Wildman–Crippen MR) is 179 cm³/mol. The Kier molecular flexibility index (Phi) is 12.5. The first kappa shape index (κ1) is 35.6. The van der Waals surface area contributed by atoms with E-state index in [2.05, 4.69) is 34.8 Å². The van der Waals surface area contributed by atoms with Crippen LogP contribution in [-0.4, -0.2) is 41.5 Å². The van der Waals surface area contributed by atoms with Crippen LogP contribution in [0.4, 0.5) is 13.2 Å². The summed E-state index contributed by atoms with van der Waals surface area (Å²) in [5.41, 5.74) is 3.93. The Hall–Kier alpha value is -2.74. The van der Waals surface area contributed by atoms with E-state index in [0.717, 1.165) is 87.8 Å². The van der Waals surface area contributed by atoms with Crippen molar-refractivity contribution in [3.05, 3.63) is 58.7 Å². The number of ether oxygens (including phenoxy) is 2. The number of nitrogens with zero attached hydrogens (tertiary/aromatic N) is 1. The Balaban J connectivity index is 1.15. The van der Waals surface area contributed by atoms with Gasteiger partial charge < -0.3 is 14.6 Å². The molecule has 2 aromatic rings. The monoisotopic (exact) mass is 657 g/mol. The lowest BCUT2D eigenvalue weighted by molar-refractivity contribution is -0.275. The summed E-state index contributed by atoms with van der Waals surface area (Å²) in [5, 5.41) is 9.72. The summed E-state index contributed by atoms with van der Waals surface area (Å²) in [6.07, 6.45) is 11.9. The van der Waals surface area contributed by atoms with Crippen LogP contribution >= 0.6 is 0 Å². The van der Waals surface area contributed by atoms with Gasteiger partial charge in [-0.1, -0.05) is 83.1 Å². The minimum Gasteiger partial charge on any atom is -0.490 e. The van der Waals surface area contributed by atoms with Gasteiger partial charge in [-0.3, -0.25) is 9.69 Å². The average molecular weight is 658 g/mol. The van der Waals surface area contributed by atoms with E-state index in [-0.39, 0.29) is 17.8 Å². The van der Waals surface area contributed by atoms with Crippen molar-refractivity contribution in [3.63, 3.8) is 0 Å². The van der Waals surface area contributed by atoms with Crippen molar-refractivity contribution in [1.29, 1.82) is 0 Å². The summed E-state index contributed by atoms with van der Waals surface area (Å²) in [4.78, 5) is 14.1. The van der Waals surface area contributed by atoms with Crippen molar-refractivity contribution >= 4 is 5.97 Å². The van der Waals surface area contributed by atoms with Gasteiger partial charge in [-0.2, -0.15) is 0 Å². The number of carboxylic acid groups (broad SMARTS) is 1. The fraction of sp³-hybridized carbons (Fsp3) is 0.667. The number of piperidine rings is 1. The van der Waals surface area contributed by atoms with Gasteiger partial charge in [0.2, 0.25) is 0 Å². The standard InChI is InChI=1S/C39H54F3NO4/c1-3-4-5-6-7-8-9-10-11-28-12-18-35(47-39(40,41)42)33(24-28)26-43-22-20-30(21-23-43)34-19-17-29-13-16-32(25-36(29)46-34)37(31-14-15-31)27(2)38(44)45/h12-13,16,18,24-25,27,30-31,34,37H,3-11,14-15,17,19-23,26H2,1-2H3,(H,44,45)/t27-,34?,37-/m0/s1. The van der Waals surface area contributed by atoms with Crippen molar-refractivity contribution in [1.82, 2.24) is 4.90 Å². The van der Waals surface area contributed by atoms with Gasteiger partial charge >= 0.3 is 12.3 Å². The molecule has 2 aliphatic heterocycles. The Bertz CT molecular complexity index is 1300. The zero-order chi connectivity index (χ0) is 33.4. The summed E-state index contributed by atoms with van der Waals surface area (Å²) in [6, 6.07) is 11.5. The molecule has 5 nitrogen and oxygen atoms in total. The maximum atomic E-state index is 13.3. The number of hydrogen-bond donors (Lipinski definition) is 1. The molecule has 0 bridgehead atoms. The zero-order valence-corrected chi connectivity index (χ0v) is 28.3. The molecule has 0 amide bonds. The molecule has 47 heavy (non-hydrogen) atoms. The first-order valence-electron chi connectivity index (χ1n) is 18.2. The Labute approximate surface area is 279 Å². The van der Waals surface area contributed by atoms with Crippen molar-refractivity contribution in [3.8, 4) is 11.5 Å². The minimum absolute atomic E-state index is 0.00931. The van der Waals surface area contributed by atoms with E-state index in [1.807, 2.05) is 13.0 Å². The first-order chi connectivity index (χ1) is 22.6. The summed E-state index contributed by atoms with van der Waals surface area (Å²) in [6.45, 7) is 6.07. The fourth-order valence-electron chi connectivity index (χ4n) is 7.85. The highest BCUT2D eigenvalue weighted by atomic mass is 19.4. The topological polar surface area (TPSA) is 59.0 Å². The molecule has 3 atom stereocenters. The number of unbranched alkanes of at least 4 members (excludes halogenated alkanes) is 7. The number of halogens is 3. The second kappa shape index (κ2) is 16.6. The van der Waals surface area contributed by atoms with Crippen LogP contribution in [0.25, 0.3) is 0 Å². The lowest BCUT2D eigenvalue weighted by Gasteiger charge is -2.38. The van der Waals surface area contributed by atoms with Crippen molar-refractivity contribution in [2.75, 3.05) is 13.1 Å². The van der Waals surface area contributed by atoms with Gasteiger partial charge in [-0.05, 0) is 111 Å². The molecule has 2 aromatic carbocycles. The zero-order valence-electron chi connectivity index (χ0n) is 28.3. The second-order valence-corrected chi connectivity index (χ2v) is 14.4. The number of rotatable bonds is 17. The van der Waals surface area contributed by atoms with E-state index in [1.54, 1.807) is 6.07 Å². The molecule has 0 aromatic heterocycles. The number of carbonyl (C=O) groups is 1. The van der Waals surface area contributed by atoms with Gasteiger partial charge in [0.25, 0.3) is 0 Å². The number of carboxylic acids is 1. The fourth-order valence-corrected chi connectivity index (χ4v) is 7.85. The van der Waals surface area contributed by atoms with Crippen LogP contribution in [0.5, 0.6) is 11.5 Å². The van der Waals surface area contributed by atoms with E-state index < -0.39 is 18.2 Å². The van der Waals surface area contributed by atoms with Gasteiger partial charge in [-0.15, -0.1) is 13.2 Å². The van der Waals surface area contributed by atoms with E-state index >= 15 is 0 Å². The number of alkyl halides is 3. The van der Waals surface area contributed by atoms with E-state index in [1.165, 1.54) is 50.2 Å². The molecule has 1 saturated carbocycles. The van der Waals surface area contributed by atoms with Crippen molar-refractivity contribution < 1.29 is 32.5 Å². The molecule has 8 heteroatoms. The summed E-state index contributed by atoms with van der Waals surface area (Å²) in [7, 11) is 0. The molecule has 5 rings (SSSR count). The van der Waals surface area contributed by atoms with Crippen LogP contribution in [-0.2, 0) is 24.2 Å². The second-order valence-electron chi connectivity index (χ2n) is 14.4.